The number of amides is 2. The summed E-state index contributed by atoms with van der Waals surface area (Å²) in [5.74, 6) is 0.800. The van der Waals surface area contributed by atoms with E-state index in [1.807, 2.05) is 36.4 Å². The zero-order valence-electron chi connectivity index (χ0n) is 17.2. The maximum Gasteiger partial charge on any atom is 0.416 e. The van der Waals surface area contributed by atoms with Gasteiger partial charge in [-0.1, -0.05) is 60.7 Å². The number of hydrogen-bond donors (Lipinski definition) is 0. The molecule has 1 saturated carbocycles. The largest absolute Gasteiger partial charge is 0.447 e. The number of likely N-dealkylation sites (tertiary alicyclic amines) is 1. The fourth-order valence-corrected chi connectivity index (χ4v) is 5.09. The molecule has 2 saturated heterocycles. The van der Waals surface area contributed by atoms with Gasteiger partial charge in [0.15, 0.2) is 0 Å². The van der Waals surface area contributed by atoms with Crippen LogP contribution in [0.1, 0.15) is 24.0 Å². The number of hydrogen-bond acceptors (Lipinski definition) is 4. The third-order valence-electron chi connectivity index (χ3n) is 6.75. The normalized spacial score (nSPS) is 26.7. The van der Waals surface area contributed by atoms with Gasteiger partial charge < -0.3 is 4.74 Å². The average Bonchev–Trinajstić information content (AvgIpc) is 3.43. The third-order valence-corrected chi connectivity index (χ3v) is 6.75. The Kier molecular flexibility index (Phi) is 5.30. The van der Waals surface area contributed by atoms with Crippen molar-refractivity contribution in [3.8, 4) is 0 Å². The standard InChI is InChI=1S/C25H28N2O3/c28-24(27-21(17-30-25(27)29)13-18-7-3-1-4-8-18)23-16-26(15-22(23)20-11-12-20)14-19-9-5-2-6-10-19/h1-10,20-23H,11-17H2/t21?,22-,23+/m1/s1. The quantitative estimate of drug-likeness (QED) is 0.736. The second-order valence-electron chi connectivity index (χ2n) is 8.92. The molecule has 3 fully saturated rings. The first-order valence-electron chi connectivity index (χ1n) is 11.0. The van der Waals surface area contributed by atoms with E-state index >= 15 is 0 Å². The van der Waals surface area contributed by atoms with E-state index in [0.717, 1.165) is 25.2 Å². The average molecular weight is 405 g/mol. The number of cyclic esters (lactones) is 1. The molecule has 3 aliphatic rings. The third kappa shape index (κ3) is 3.99. The van der Waals surface area contributed by atoms with Gasteiger partial charge in [-0.3, -0.25) is 9.69 Å². The molecule has 3 atom stereocenters. The number of imide groups is 1. The van der Waals surface area contributed by atoms with E-state index in [-0.39, 0.29) is 24.5 Å². The van der Waals surface area contributed by atoms with Gasteiger partial charge >= 0.3 is 6.09 Å². The molecule has 0 bridgehead atoms. The highest BCUT2D eigenvalue weighted by atomic mass is 16.6. The summed E-state index contributed by atoms with van der Waals surface area (Å²) in [6, 6.07) is 20.2. The second kappa shape index (κ2) is 8.23. The summed E-state index contributed by atoms with van der Waals surface area (Å²) in [6.45, 7) is 2.79. The number of carbonyl (C=O) groups excluding carboxylic acids is 2. The Labute approximate surface area is 177 Å². The lowest BCUT2D eigenvalue weighted by atomic mass is 9.90. The summed E-state index contributed by atoms with van der Waals surface area (Å²) in [7, 11) is 0. The molecular formula is C25H28N2O3. The molecule has 0 N–H and O–H groups in total. The van der Waals surface area contributed by atoms with Gasteiger partial charge in [-0.2, -0.15) is 0 Å². The zero-order chi connectivity index (χ0) is 20.5. The highest BCUT2D eigenvalue weighted by Gasteiger charge is 2.50. The van der Waals surface area contributed by atoms with E-state index < -0.39 is 6.09 Å². The van der Waals surface area contributed by atoms with E-state index in [4.69, 9.17) is 4.74 Å². The summed E-state index contributed by atoms with van der Waals surface area (Å²) >= 11 is 0. The van der Waals surface area contributed by atoms with Crippen LogP contribution in [0.5, 0.6) is 0 Å². The second-order valence-corrected chi connectivity index (χ2v) is 8.92. The number of ether oxygens (including phenoxy) is 1. The van der Waals surface area contributed by atoms with Crippen molar-refractivity contribution in [2.75, 3.05) is 19.7 Å². The Morgan fingerprint density at radius 2 is 1.60 bits per heavy atom. The van der Waals surface area contributed by atoms with E-state index in [2.05, 4.69) is 29.2 Å². The summed E-state index contributed by atoms with van der Waals surface area (Å²) in [4.78, 5) is 29.9. The van der Waals surface area contributed by atoms with Crippen LogP contribution in [0.2, 0.25) is 0 Å². The first-order valence-corrected chi connectivity index (χ1v) is 11.0. The highest BCUT2D eigenvalue weighted by molar-refractivity contribution is 5.95. The molecule has 2 amide bonds. The predicted octanol–water partition coefficient (Wildman–Crippen LogP) is 3.73. The molecule has 2 aromatic rings. The van der Waals surface area contributed by atoms with Gasteiger partial charge in [-0.15, -0.1) is 0 Å². The van der Waals surface area contributed by atoms with Crippen molar-refractivity contribution in [2.45, 2.75) is 31.8 Å². The number of nitrogens with zero attached hydrogens (tertiary/aromatic N) is 2. The zero-order valence-corrected chi connectivity index (χ0v) is 17.2. The minimum atomic E-state index is -0.475. The molecule has 2 aliphatic heterocycles. The van der Waals surface area contributed by atoms with Crippen LogP contribution in [0, 0.1) is 17.8 Å². The van der Waals surface area contributed by atoms with Crippen molar-refractivity contribution in [1.82, 2.24) is 9.80 Å². The minimum absolute atomic E-state index is 0.0362. The Balaban J connectivity index is 1.32. The molecule has 2 heterocycles. The highest BCUT2D eigenvalue weighted by Crippen LogP contribution is 2.45. The lowest BCUT2D eigenvalue weighted by Gasteiger charge is -2.25. The molecule has 2 aromatic carbocycles. The molecule has 5 rings (SSSR count). The van der Waals surface area contributed by atoms with Gasteiger partial charge in [0.2, 0.25) is 5.91 Å². The fourth-order valence-electron chi connectivity index (χ4n) is 5.09. The van der Waals surface area contributed by atoms with Crippen LogP contribution < -0.4 is 0 Å². The smallest absolute Gasteiger partial charge is 0.416 e. The van der Waals surface area contributed by atoms with Crippen LogP contribution >= 0.6 is 0 Å². The molecule has 30 heavy (non-hydrogen) atoms. The van der Waals surface area contributed by atoms with Gasteiger partial charge in [0.25, 0.3) is 0 Å². The Morgan fingerprint density at radius 3 is 2.27 bits per heavy atom. The lowest BCUT2D eigenvalue weighted by Crippen LogP contribution is -2.45. The number of benzene rings is 2. The van der Waals surface area contributed by atoms with Crippen LogP contribution in [-0.4, -0.2) is 47.5 Å². The molecule has 0 spiro atoms. The summed E-state index contributed by atoms with van der Waals surface area (Å²) in [5, 5.41) is 0. The van der Waals surface area contributed by atoms with Crippen LogP contribution in [0.3, 0.4) is 0 Å². The molecule has 156 valence electrons. The van der Waals surface area contributed by atoms with Crippen LogP contribution in [0.25, 0.3) is 0 Å². The molecular weight excluding hydrogens is 376 g/mol. The Bertz CT molecular complexity index is 897. The van der Waals surface area contributed by atoms with Crippen molar-refractivity contribution in [3.05, 3.63) is 71.8 Å². The SMILES string of the molecule is O=C1OCC(Cc2ccccc2)N1C(=O)[C@H]1CN(Cc2ccccc2)C[C@@H]1C1CC1. The lowest BCUT2D eigenvalue weighted by molar-refractivity contribution is -0.134. The van der Waals surface area contributed by atoms with Crippen molar-refractivity contribution in [1.29, 1.82) is 0 Å². The molecule has 0 radical (unpaired) electrons. The number of rotatable bonds is 6. The minimum Gasteiger partial charge on any atom is -0.447 e. The van der Waals surface area contributed by atoms with E-state index in [1.54, 1.807) is 0 Å². The van der Waals surface area contributed by atoms with Crippen LogP contribution in [0.15, 0.2) is 60.7 Å². The van der Waals surface area contributed by atoms with Gasteiger partial charge in [-0.05, 0) is 42.2 Å². The van der Waals surface area contributed by atoms with Crippen molar-refractivity contribution >= 4 is 12.0 Å². The number of carbonyl (C=O) groups is 2. The Morgan fingerprint density at radius 1 is 0.933 bits per heavy atom. The van der Waals surface area contributed by atoms with Crippen molar-refractivity contribution < 1.29 is 14.3 Å². The van der Waals surface area contributed by atoms with Crippen LogP contribution in [0.4, 0.5) is 4.79 Å². The predicted molar refractivity (Wildman–Crippen MR) is 114 cm³/mol. The van der Waals surface area contributed by atoms with Gasteiger partial charge in [0.1, 0.15) is 6.61 Å². The van der Waals surface area contributed by atoms with Crippen molar-refractivity contribution in [3.63, 3.8) is 0 Å². The van der Waals surface area contributed by atoms with Crippen LogP contribution in [-0.2, 0) is 22.5 Å². The van der Waals surface area contributed by atoms with E-state index in [9.17, 15) is 9.59 Å². The monoisotopic (exact) mass is 404 g/mol. The van der Waals surface area contributed by atoms with Gasteiger partial charge in [-0.25, -0.2) is 9.69 Å². The summed E-state index contributed by atoms with van der Waals surface area (Å²) in [5.41, 5.74) is 2.39. The fraction of sp³-hybridized carbons (Fsp3) is 0.440. The van der Waals surface area contributed by atoms with Gasteiger partial charge in [0.05, 0.1) is 12.0 Å². The Hall–Kier alpha value is -2.66. The van der Waals surface area contributed by atoms with E-state index in [1.165, 1.54) is 23.3 Å². The molecule has 1 aliphatic carbocycles. The first-order chi connectivity index (χ1) is 14.7. The molecule has 1 unspecified atom stereocenters. The maximum absolute atomic E-state index is 13.6. The topological polar surface area (TPSA) is 49.9 Å². The molecule has 5 heteroatoms. The molecule has 5 nitrogen and oxygen atoms in total. The molecule has 0 aromatic heterocycles. The first kappa shape index (κ1) is 19.3. The maximum atomic E-state index is 13.6. The summed E-state index contributed by atoms with van der Waals surface area (Å²) in [6.07, 6.45) is 2.57. The van der Waals surface area contributed by atoms with Gasteiger partial charge in [0, 0.05) is 19.6 Å². The summed E-state index contributed by atoms with van der Waals surface area (Å²) < 4.78 is 5.32. The van der Waals surface area contributed by atoms with Crippen molar-refractivity contribution in [2.24, 2.45) is 17.8 Å². The van der Waals surface area contributed by atoms with E-state index in [0.29, 0.717) is 18.3 Å².